The molecule has 1 aliphatic rings. The van der Waals surface area contributed by atoms with E-state index in [4.69, 9.17) is 18.9 Å². The fourth-order valence-corrected chi connectivity index (χ4v) is 4.05. The van der Waals surface area contributed by atoms with Gasteiger partial charge in [-0.3, -0.25) is 4.99 Å². The molecule has 2 N–H and O–H groups in total. The number of aliphatic imine (C=N–C) groups is 1. The molecular weight excluding hydrogens is 533 g/mol. The number of guanidine groups is 1. The lowest BCUT2D eigenvalue weighted by atomic mass is 9.74. The minimum Gasteiger partial charge on any atom is -0.494 e. The van der Waals surface area contributed by atoms with Gasteiger partial charge in [-0.15, -0.1) is 24.0 Å². The molecule has 1 fully saturated rings. The predicted molar refractivity (Wildman–Crippen MR) is 143 cm³/mol. The summed E-state index contributed by atoms with van der Waals surface area (Å²) >= 11 is 0. The first-order chi connectivity index (χ1) is 15.6. The molecule has 7 nitrogen and oxygen atoms in total. The Morgan fingerprint density at radius 1 is 1.00 bits per heavy atom. The Kier molecular flexibility index (Phi) is 11.1. The minimum absolute atomic E-state index is 0. The van der Waals surface area contributed by atoms with Gasteiger partial charge in [0.15, 0.2) is 17.5 Å². The van der Waals surface area contributed by atoms with Gasteiger partial charge in [0.2, 0.25) is 0 Å². The number of hydrogen-bond acceptors (Lipinski definition) is 5. The Bertz CT molecular complexity index is 884. The van der Waals surface area contributed by atoms with Gasteiger partial charge < -0.3 is 29.6 Å². The van der Waals surface area contributed by atoms with Gasteiger partial charge in [0.1, 0.15) is 5.75 Å². The maximum atomic E-state index is 5.67. The van der Waals surface area contributed by atoms with E-state index in [1.54, 1.807) is 21.3 Å². The quantitative estimate of drug-likeness (QED) is 0.269. The summed E-state index contributed by atoms with van der Waals surface area (Å²) in [7, 11) is 5.07. The lowest BCUT2D eigenvalue weighted by molar-refractivity contribution is 0.0513. The number of benzene rings is 2. The van der Waals surface area contributed by atoms with E-state index in [-0.39, 0.29) is 29.4 Å². The summed E-state index contributed by atoms with van der Waals surface area (Å²) < 4.78 is 22.0. The molecule has 1 saturated heterocycles. The number of halogens is 1. The van der Waals surface area contributed by atoms with Crippen LogP contribution in [0.2, 0.25) is 0 Å². The van der Waals surface area contributed by atoms with Crippen LogP contribution >= 0.6 is 24.0 Å². The van der Waals surface area contributed by atoms with E-state index in [2.05, 4.69) is 39.9 Å². The van der Waals surface area contributed by atoms with Crippen molar-refractivity contribution in [2.75, 3.05) is 47.6 Å². The van der Waals surface area contributed by atoms with E-state index in [0.717, 1.165) is 55.6 Å². The van der Waals surface area contributed by atoms with Crippen LogP contribution in [-0.4, -0.2) is 53.6 Å². The van der Waals surface area contributed by atoms with E-state index in [0.29, 0.717) is 18.9 Å². The van der Waals surface area contributed by atoms with Gasteiger partial charge in [-0.2, -0.15) is 0 Å². The number of nitrogens with one attached hydrogen (secondary N) is 2. The molecule has 0 aliphatic carbocycles. The van der Waals surface area contributed by atoms with E-state index in [9.17, 15) is 0 Å². The smallest absolute Gasteiger partial charge is 0.191 e. The molecule has 3 rings (SSSR count). The van der Waals surface area contributed by atoms with Crippen molar-refractivity contribution in [1.82, 2.24) is 10.6 Å². The first-order valence-corrected chi connectivity index (χ1v) is 11.1. The standard InChI is InChI=1S/C25H35N3O4.HI/c1-5-32-21-9-7-20(8-10-21)25(12-14-31-15-13-25)18-28-24(26-2)27-17-19-6-11-22(29-3)23(16-19)30-4;/h6-11,16H,5,12-15,17-18H2,1-4H3,(H2,26,27,28);1H. The molecule has 1 heterocycles. The van der Waals surface area contributed by atoms with Crippen molar-refractivity contribution in [1.29, 1.82) is 0 Å². The van der Waals surface area contributed by atoms with Crippen LogP contribution in [0.4, 0.5) is 0 Å². The maximum Gasteiger partial charge on any atom is 0.191 e. The third-order valence-electron chi connectivity index (χ3n) is 5.95. The summed E-state index contributed by atoms with van der Waals surface area (Å²) in [6, 6.07) is 14.4. The molecule has 8 heteroatoms. The van der Waals surface area contributed by atoms with Gasteiger partial charge in [0.25, 0.3) is 0 Å². The van der Waals surface area contributed by atoms with Crippen molar-refractivity contribution >= 4 is 29.9 Å². The average molecular weight is 569 g/mol. The lowest BCUT2D eigenvalue weighted by Crippen LogP contribution is -2.47. The summed E-state index contributed by atoms with van der Waals surface area (Å²) in [4.78, 5) is 4.41. The zero-order valence-corrected chi connectivity index (χ0v) is 22.3. The van der Waals surface area contributed by atoms with Crippen LogP contribution < -0.4 is 24.8 Å². The molecule has 182 valence electrons. The molecule has 1 aliphatic heterocycles. The second-order valence-electron chi connectivity index (χ2n) is 7.82. The number of hydrogen-bond donors (Lipinski definition) is 2. The lowest BCUT2D eigenvalue weighted by Gasteiger charge is -2.38. The number of methoxy groups -OCH3 is 2. The average Bonchev–Trinajstić information content (AvgIpc) is 2.85. The zero-order chi connectivity index (χ0) is 22.8. The van der Waals surface area contributed by atoms with Crippen molar-refractivity contribution < 1.29 is 18.9 Å². The van der Waals surface area contributed by atoms with Crippen LogP contribution in [0.25, 0.3) is 0 Å². The SMILES string of the molecule is CCOc1ccc(C2(CNC(=NC)NCc3ccc(OC)c(OC)c3)CCOCC2)cc1.I. The molecular formula is C25H36IN3O4. The largest absolute Gasteiger partial charge is 0.494 e. The van der Waals surface area contributed by atoms with Gasteiger partial charge in [-0.1, -0.05) is 18.2 Å². The van der Waals surface area contributed by atoms with E-state index in [1.165, 1.54) is 5.56 Å². The number of ether oxygens (including phenoxy) is 4. The summed E-state index contributed by atoms with van der Waals surface area (Å²) in [6.07, 6.45) is 1.92. The molecule has 0 amide bonds. The molecule has 0 unspecified atom stereocenters. The Morgan fingerprint density at radius 3 is 2.30 bits per heavy atom. The second-order valence-corrected chi connectivity index (χ2v) is 7.82. The number of rotatable bonds is 9. The summed E-state index contributed by atoms with van der Waals surface area (Å²) in [5.74, 6) is 3.09. The third-order valence-corrected chi connectivity index (χ3v) is 5.95. The fraction of sp³-hybridized carbons (Fsp3) is 0.480. The van der Waals surface area contributed by atoms with Crippen LogP contribution in [0, 0.1) is 0 Å². The third kappa shape index (κ3) is 7.14. The Morgan fingerprint density at radius 2 is 1.70 bits per heavy atom. The highest BCUT2D eigenvalue weighted by atomic mass is 127. The van der Waals surface area contributed by atoms with Crippen LogP contribution in [0.5, 0.6) is 17.2 Å². The first-order valence-electron chi connectivity index (χ1n) is 11.1. The molecule has 0 aromatic heterocycles. The molecule has 0 atom stereocenters. The highest BCUT2D eigenvalue weighted by Gasteiger charge is 2.34. The summed E-state index contributed by atoms with van der Waals surface area (Å²) in [5.41, 5.74) is 2.37. The molecule has 2 aromatic rings. The second kappa shape index (κ2) is 13.5. The van der Waals surface area contributed by atoms with Gasteiger partial charge in [0.05, 0.1) is 20.8 Å². The van der Waals surface area contributed by atoms with Crippen molar-refractivity contribution in [3.63, 3.8) is 0 Å². The first kappa shape index (κ1) is 27.0. The van der Waals surface area contributed by atoms with Gasteiger partial charge in [-0.05, 0) is 55.2 Å². The molecule has 0 radical (unpaired) electrons. The van der Waals surface area contributed by atoms with E-state index >= 15 is 0 Å². The normalized spacial score (nSPS) is 15.2. The Balaban J connectivity index is 0.00000385. The number of nitrogens with zero attached hydrogens (tertiary/aromatic N) is 1. The van der Waals surface area contributed by atoms with Crippen molar-refractivity contribution in [2.45, 2.75) is 31.7 Å². The van der Waals surface area contributed by atoms with Gasteiger partial charge in [0, 0.05) is 38.8 Å². The monoisotopic (exact) mass is 569 g/mol. The minimum atomic E-state index is -0.00997. The molecule has 0 saturated carbocycles. The van der Waals surface area contributed by atoms with Gasteiger partial charge in [-0.25, -0.2) is 0 Å². The maximum absolute atomic E-state index is 5.67. The molecule has 2 aromatic carbocycles. The summed E-state index contributed by atoms with van der Waals surface area (Å²) in [6.45, 7) is 5.58. The Labute approximate surface area is 214 Å². The van der Waals surface area contributed by atoms with Crippen LogP contribution in [-0.2, 0) is 16.7 Å². The van der Waals surface area contributed by atoms with E-state index in [1.807, 2.05) is 25.1 Å². The van der Waals surface area contributed by atoms with E-state index < -0.39 is 0 Å². The highest BCUT2D eigenvalue weighted by molar-refractivity contribution is 14.0. The molecule has 0 bridgehead atoms. The van der Waals surface area contributed by atoms with Gasteiger partial charge >= 0.3 is 0 Å². The fourth-order valence-electron chi connectivity index (χ4n) is 4.05. The molecule has 0 spiro atoms. The highest BCUT2D eigenvalue weighted by Crippen LogP contribution is 2.35. The predicted octanol–water partition coefficient (Wildman–Crippen LogP) is 4.13. The van der Waals surface area contributed by atoms with Crippen molar-refractivity contribution in [3.8, 4) is 17.2 Å². The summed E-state index contributed by atoms with van der Waals surface area (Å²) in [5, 5.41) is 6.94. The van der Waals surface area contributed by atoms with Crippen molar-refractivity contribution in [3.05, 3.63) is 53.6 Å². The van der Waals surface area contributed by atoms with Crippen LogP contribution in [0.3, 0.4) is 0 Å². The Hall–Kier alpha value is -2.20. The molecule has 33 heavy (non-hydrogen) atoms. The van der Waals surface area contributed by atoms with Crippen LogP contribution in [0.15, 0.2) is 47.5 Å². The van der Waals surface area contributed by atoms with Crippen molar-refractivity contribution in [2.24, 2.45) is 4.99 Å². The topological polar surface area (TPSA) is 73.3 Å². The zero-order valence-electron chi connectivity index (χ0n) is 20.0. The van der Waals surface area contributed by atoms with Crippen LogP contribution in [0.1, 0.15) is 30.9 Å².